The molecule has 0 spiro atoms. The fourth-order valence-electron chi connectivity index (χ4n) is 6.07. The smallest absolute Gasteiger partial charge is 0.198 e. The van der Waals surface area contributed by atoms with Crippen molar-refractivity contribution in [3.05, 3.63) is 130 Å². The highest BCUT2D eigenvalue weighted by molar-refractivity contribution is 5.76. The van der Waals surface area contributed by atoms with Crippen LogP contribution in [0, 0.1) is 0 Å². The van der Waals surface area contributed by atoms with Gasteiger partial charge in [-0.2, -0.15) is 0 Å². The number of benzene rings is 4. The third-order valence-electron chi connectivity index (χ3n) is 9.15. The van der Waals surface area contributed by atoms with E-state index in [0.29, 0.717) is 80.4 Å². The zero-order chi connectivity index (χ0) is 42.4. The number of nitrogens with zero attached hydrogens (tertiary/aromatic N) is 4. The molecule has 4 aromatic carbocycles. The molecule has 12 heteroatoms. The van der Waals surface area contributed by atoms with Crippen molar-refractivity contribution in [2.24, 2.45) is 0 Å². The van der Waals surface area contributed by atoms with Crippen LogP contribution in [0.3, 0.4) is 0 Å². The molecule has 306 valence electrons. The Balaban J connectivity index is 1.46. The summed E-state index contributed by atoms with van der Waals surface area (Å²) in [4.78, 5) is 19.8. The largest absolute Gasteiger partial charge is 0.493 e. The number of hydrogen-bond acceptors (Lipinski definition) is 12. The summed E-state index contributed by atoms with van der Waals surface area (Å²) in [5.74, 6) is 5.62. The molecular formula is C48H46N4O8. The van der Waals surface area contributed by atoms with Gasteiger partial charge in [0.1, 0.15) is 0 Å². The summed E-state index contributed by atoms with van der Waals surface area (Å²) in [5.41, 5.74) is 6.04. The van der Waals surface area contributed by atoms with E-state index in [2.05, 4.69) is 0 Å². The Hall–Kier alpha value is -7.60. The van der Waals surface area contributed by atoms with Crippen molar-refractivity contribution in [3.63, 3.8) is 0 Å². The van der Waals surface area contributed by atoms with E-state index in [1.54, 1.807) is 56.9 Å². The Morgan fingerprint density at radius 3 is 0.683 bits per heavy atom. The van der Waals surface area contributed by atoms with E-state index < -0.39 is 0 Å². The molecule has 0 fully saturated rings. The molecule has 0 aliphatic carbocycles. The minimum absolute atomic E-state index is 0.318. The van der Waals surface area contributed by atoms with Crippen LogP contribution in [0.5, 0.6) is 46.0 Å². The standard InChI is InChI=1S/C48H46N4O8/c1-53-39-21-13-31(25-43(39)57-5)9-17-35-29-36(18-10-32-14-22-40(54-2)44(26-32)58-6)50-47(49-35)48-51-37(19-11-33-15-23-41(55-3)45(27-33)59-7)30-38(52-48)20-12-34-16-24-42(56-4)46(28-34)60-8/h9-30H,1-8H3/b17-9+,18-10+,19-11+,20-12+. The third-order valence-corrected chi connectivity index (χ3v) is 9.15. The van der Waals surface area contributed by atoms with E-state index in [9.17, 15) is 0 Å². The first-order valence-electron chi connectivity index (χ1n) is 18.7. The second kappa shape index (κ2) is 20.2. The Labute approximate surface area is 350 Å². The van der Waals surface area contributed by atoms with Crippen molar-refractivity contribution in [1.29, 1.82) is 0 Å². The Morgan fingerprint density at radius 2 is 0.483 bits per heavy atom. The van der Waals surface area contributed by atoms with Crippen LogP contribution >= 0.6 is 0 Å². The second-order valence-corrected chi connectivity index (χ2v) is 12.9. The summed E-state index contributed by atoms with van der Waals surface area (Å²) < 4.78 is 43.9. The summed E-state index contributed by atoms with van der Waals surface area (Å²) in [7, 11) is 12.8. The lowest BCUT2D eigenvalue weighted by Crippen LogP contribution is -2.01. The second-order valence-electron chi connectivity index (χ2n) is 12.9. The van der Waals surface area contributed by atoms with Gasteiger partial charge in [0.05, 0.1) is 79.7 Å². The summed E-state index contributed by atoms with van der Waals surface area (Å²) in [5, 5.41) is 0. The van der Waals surface area contributed by atoms with Crippen LogP contribution in [0.4, 0.5) is 0 Å². The maximum atomic E-state index is 5.53. The van der Waals surface area contributed by atoms with E-state index >= 15 is 0 Å². The van der Waals surface area contributed by atoms with Gasteiger partial charge < -0.3 is 37.9 Å². The van der Waals surface area contributed by atoms with Gasteiger partial charge in [0.25, 0.3) is 0 Å². The quantitative estimate of drug-likeness (QED) is 0.0871. The van der Waals surface area contributed by atoms with Crippen LogP contribution < -0.4 is 37.9 Å². The lowest BCUT2D eigenvalue weighted by Gasteiger charge is -2.09. The third kappa shape index (κ3) is 10.5. The molecule has 0 amide bonds. The molecule has 0 aliphatic rings. The molecule has 6 rings (SSSR count). The Kier molecular flexibility index (Phi) is 14.1. The maximum absolute atomic E-state index is 5.53. The highest BCUT2D eigenvalue weighted by Gasteiger charge is 2.13. The number of rotatable bonds is 17. The summed E-state index contributed by atoms with van der Waals surface area (Å²) in [6, 6.07) is 26.5. The van der Waals surface area contributed by atoms with Gasteiger partial charge in [-0.3, -0.25) is 0 Å². The predicted octanol–water partition coefficient (Wildman–Crippen LogP) is 9.68. The van der Waals surface area contributed by atoms with Crippen LogP contribution in [-0.2, 0) is 0 Å². The van der Waals surface area contributed by atoms with Crippen molar-refractivity contribution in [2.75, 3.05) is 56.9 Å². The van der Waals surface area contributed by atoms with E-state index in [1.807, 2.05) is 134 Å². The van der Waals surface area contributed by atoms with Crippen molar-refractivity contribution in [1.82, 2.24) is 19.9 Å². The van der Waals surface area contributed by atoms with Crippen LogP contribution in [0.2, 0.25) is 0 Å². The first-order chi connectivity index (χ1) is 29.3. The van der Waals surface area contributed by atoms with Gasteiger partial charge in [0.15, 0.2) is 57.6 Å². The van der Waals surface area contributed by atoms with Gasteiger partial charge in [0.2, 0.25) is 0 Å². The van der Waals surface area contributed by atoms with Crippen LogP contribution in [0.1, 0.15) is 45.0 Å². The fourth-order valence-corrected chi connectivity index (χ4v) is 6.07. The van der Waals surface area contributed by atoms with Crippen LogP contribution in [0.25, 0.3) is 60.3 Å². The summed E-state index contributed by atoms with van der Waals surface area (Å²) in [6.07, 6.45) is 15.4. The highest BCUT2D eigenvalue weighted by Crippen LogP contribution is 2.32. The molecule has 0 unspecified atom stereocenters. The number of methoxy groups -OCH3 is 8. The summed E-state index contributed by atoms with van der Waals surface area (Å²) >= 11 is 0. The van der Waals surface area contributed by atoms with Crippen molar-refractivity contribution < 1.29 is 37.9 Å². The van der Waals surface area contributed by atoms with E-state index in [4.69, 9.17) is 57.8 Å². The monoisotopic (exact) mass is 806 g/mol. The minimum Gasteiger partial charge on any atom is -0.493 e. The van der Waals surface area contributed by atoms with Crippen molar-refractivity contribution in [2.45, 2.75) is 0 Å². The topological polar surface area (TPSA) is 125 Å². The van der Waals surface area contributed by atoms with Gasteiger partial charge in [-0.25, -0.2) is 19.9 Å². The lowest BCUT2D eigenvalue weighted by molar-refractivity contribution is 0.355. The van der Waals surface area contributed by atoms with Crippen LogP contribution in [-0.4, -0.2) is 76.8 Å². The summed E-state index contributed by atoms with van der Waals surface area (Å²) in [6.45, 7) is 0. The molecule has 0 aliphatic heterocycles. The van der Waals surface area contributed by atoms with Crippen molar-refractivity contribution in [3.8, 4) is 57.6 Å². The predicted molar refractivity (Wildman–Crippen MR) is 237 cm³/mol. The Morgan fingerprint density at radius 1 is 0.267 bits per heavy atom. The van der Waals surface area contributed by atoms with Gasteiger partial charge in [-0.1, -0.05) is 48.6 Å². The average molecular weight is 807 g/mol. The molecule has 0 N–H and O–H groups in total. The SMILES string of the molecule is COc1ccc(/C=C/c2cc(/C=C/c3ccc(OC)c(OC)c3)nc(-c3nc(/C=C/c4ccc(OC)c(OC)c4)cc(/C=C/c4ccc(OC)c(OC)c4)n3)n2)cc1OC. The molecule has 2 aromatic heterocycles. The van der Waals surface area contributed by atoms with Crippen LogP contribution in [0.15, 0.2) is 84.9 Å². The molecule has 0 radical (unpaired) electrons. The van der Waals surface area contributed by atoms with E-state index in [-0.39, 0.29) is 0 Å². The lowest BCUT2D eigenvalue weighted by atomic mass is 10.1. The van der Waals surface area contributed by atoms with Gasteiger partial charge in [-0.15, -0.1) is 0 Å². The Bertz CT molecular complexity index is 2220. The zero-order valence-electron chi connectivity index (χ0n) is 34.8. The number of ether oxygens (including phenoxy) is 8. The molecule has 0 atom stereocenters. The molecule has 0 saturated carbocycles. The molecule has 0 bridgehead atoms. The molecule has 12 nitrogen and oxygen atoms in total. The number of hydrogen-bond donors (Lipinski definition) is 0. The zero-order valence-corrected chi connectivity index (χ0v) is 34.8. The first kappa shape index (κ1) is 42.0. The minimum atomic E-state index is 0.318. The molecule has 6 aromatic rings. The van der Waals surface area contributed by atoms with Gasteiger partial charge in [0, 0.05) is 0 Å². The van der Waals surface area contributed by atoms with E-state index in [0.717, 1.165) is 22.3 Å². The average Bonchev–Trinajstić information content (AvgIpc) is 3.30. The molecule has 2 heterocycles. The van der Waals surface area contributed by atoms with Gasteiger partial charge >= 0.3 is 0 Å². The highest BCUT2D eigenvalue weighted by atomic mass is 16.5. The first-order valence-corrected chi connectivity index (χ1v) is 18.7. The van der Waals surface area contributed by atoms with E-state index in [1.165, 1.54) is 0 Å². The van der Waals surface area contributed by atoms with Gasteiger partial charge in [-0.05, 0) is 107 Å². The number of aromatic nitrogens is 4. The van der Waals surface area contributed by atoms with Crippen molar-refractivity contribution >= 4 is 48.6 Å². The molecule has 60 heavy (non-hydrogen) atoms. The molecule has 0 saturated heterocycles. The fraction of sp³-hybridized carbons (Fsp3) is 0.167. The molecular weight excluding hydrogens is 761 g/mol. The normalized spacial score (nSPS) is 11.4. The maximum Gasteiger partial charge on any atom is 0.198 e.